The lowest BCUT2D eigenvalue weighted by Crippen LogP contribution is -2.63. The minimum Gasteiger partial charge on any atom is -0.339 e. The van der Waals surface area contributed by atoms with Crippen molar-refractivity contribution in [1.29, 1.82) is 0 Å². The summed E-state index contributed by atoms with van der Waals surface area (Å²) in [6.07, 6.45) is 22.4. The fourth-order valence-electron chi connectivity index (χ4n) is 16.0. The molecule has 0 aliphatic carbocycles. The highest BCUT2D eigenvalue weighted by atomic mass is 15.4. The smallest absolute Gasteiger partial charge is 0.232 e. The topological polar surface area (TPSA) is 145 Å². The van der Waals surface area contributed by atoms with E-state index in [0.29, 0.717) is 24.2 Å². The molecule has 0 unspecified atom stereocenters. The van der Waals surface area contributed by atoms with E-state index < -0.39 is 0 Å². The molecule has 4 N–H and O–H groups in total. The summed E-state index contributed by atoms with van der Waals surface area (Å²) in [5, 5.41) is 15.6. The molecule has 0 saturated carbocycles. The Hall–Kier alpha value is -3.18. The minimum atomic E-state index is 0.0330. The Morgan fingerprint density at radius 2 is 0.523 bits per heavy atom. The van der Waals surface area contributed by atoms with Gasteiger partial charge in [-0.3, -0.25) is 0 Å². The Balaban J connectivity index is 0.000000326. The van der Waals surface area contributed by atoms with Crippen molar-refractivity contribution in [2.45, 2.75) is 356 Å². The van der Waals surface area contributed by atoms with Gasteiger partial charge in [0.15, 0.2) is 0 Å². The van der Waals surface area contributed by atoms with Crippen LogP contribution in [0, 0.1) is 6.92 Å². The molecule has 2 aromatic heterocycles. The minimum absolute atomic E-state index is 0.0330. The molecular weight excluding hydrogens is 1060 g/mol. The monoisotopic (exact) mass is 1200 g/mol. The number of unbranched alkanes of at least 4 members (excludes halogenated alkanes) is 6. The largest absolute Gasteiger partial charge is 0.339 e. The molecule has 16 nitrogen and oxygen atoms in total. The quantitative estimate of drug-likeness (QED) is 0.0588. The summed E-state index contributed by atoms with van der Waals surface area (Å²) in [7, 11) is 2.26. The van der Waals surface area contributed by atoms with E-state index in [1.807, 2.05) is 6.92 Å². The molecule has 0 bridgehead atoms. The van der Waals surface area contributed by atoms with Crippen LogP contribution in [0.25, 0.3) is 0 Å². The average Bonchev–Trinajstić information content (AvgIpc) is 0.979. The molecule has 6 rings (SSSR count). The second kappa shape index (κ2) is 31.2. The van der Waals surface area contributed by atoms with E-state index in [9.17, 15) is 0 Å². The SMILES string of the molecule is CCCCN(C)CCN(CCCC)c1nc(N(CCCC)C2CC(C)(C)NC(C)(C)C2)nc(N(CCCC)C2CC(C)(C)NC(C)(C)C2)n1.CCCCN(c1nc(C)nc(N(CCCC)C2CC(C)(C)NC(C)(C)C2)n1)C1CC(C)(C)NC(C)(C)C1. The molecule has 0 aromatic carbocycles. The summed E-state index contributed by atoms with van der Waals surface area (Å²) in [5.41, 5.74) is 0.414. The first-order chi connectivity index (χ1) is 40.0. The fourth-order valence-corrected chi connectivity index (χ4v) is 16.0. The zero-order chi connectivity index (χ0) is 64.1. The number of rotatable bonds is 30. The van der Waals surface area contributed by atoms with Crippen LogP contribution < -0.4 is 45.8 Å². The van der Waals surface area contributed by atoms with Crippen LogP contribution in [-0.2, 0) is 0 Å². The molecule has 4 saturated heterocycles. The van der Waals surface area contributed by atoms with Crippen LogP contribution in [0.5, 0.6) is 0 Å². The van der Waals surface area contributed by atoms with Crippen LogP contribution in [0.3, 0.4) is 0 Å². The Morgan fingerprint density at radius 3 is 0.779 bits per heavy atom. The third kappa shape index (κ3) is 22.9. The number of aryl methyl sites for hydroxylation is 1. The third-order valence-electron chi connectivity index (χ3n) is 18.5. The highest BCUT2D eigenvalue weighted by Crippen LogP contribution is 2.39. The van der Waals surface area contributed by atoms with Crippen molar-refractivity contribution in [2.24, 2.45) is 0 Å². The van der Waals surface area contributed by atoms with Crippen molar-refractivity contribution in [3.63, 3.8) is 0 Å². The lowest BCUT2D eigenvalue weighted by Gasteiger charge is -2.50. The van der Waals surface area contributed by atoms with Crippen molar-refractivity contribution in [1.82, 2.24) is 56.1 Å². The van der Waals surface area contributed by atoms with Gasteiger partial charge in [0, 0.05) is 114 Å². The zero-order valence-corrected chi connectivity index (χ0v) is 60.5. The Kier molecular flexibility index (Phi) is 26.7. The molecule has 0 radical (unpaired) electrons. The van der Waals surface area contributed by atoms with Gasteiger partial charge in [0.1, 0.15) is 5.82 Å². The molecule has 4 aliphatic rings. The van der Waals surface area contributed by atoms with Crippen molar-refractivity contribution < 1.29 is 0 Å². The van der Waals surface area contributed by atoms with E-state index in [1.165, 1.54) is 12.8 Å². The predicted molar refractivity (Wildman–Crippen MR) is 370 cm³/mol. The van der Waals surface area contributed by atoms with E-state index in [1.54, 1.807) is 0 Å². The number of piperidine rings is 4. The summed E-state index contributed by atoms with van der Waals surface area (Å²) < 4.78 is 0. The zero-order valence-electron chi connectivity index (χ0n) is 60.5. The molecule has 86 heavy (non-hydrogen) atoms. The van der Waals surface area contributed by atoms with Gasteiger partial charge in [-0.2, -0.15) is 29.9 Å². The van der Waals surface area contributed by atoms with Crippen LogP contribution in [0.2, 0.25) is 0 Å². The Labute approximate surface area is 529 Å². The van der Waals surface area contributed by atoms with Gasteiger partial charge in [0.25, 0.3) is 0 Å². The van der Waals surface area contributed by atoms with Crippen LogP contribution in [0.4, 0.5) is 29.7 Å². The van der Waals surface area contributed by atoms with Crippen LogP contribution >= 0.6 is 0 Å². The van der Waals surface area contributed by atoms with Crippen molar-refractivity contribution in [3.05, 3.63) is 5.82 Å². The fraction of sp³-hybridized carbons (Fsp3) is 0.914. The second-order valence-corrected chi connectivity index (χ2v) is 32.7. The first kappa shape index (κ1) is 73.6. The van der Waals surface area contributed by atoms with E-state index in [2.05, 4.69) is 210 Å². The van der Waals surface area contributed by atoms with Crippen LogP contribution in [0.1, 0.15) is 287 Å². The molecule has 4 aliphatic heterocycles. The van der Waals surface area contributed by atoms with Crippen LogP contribution in [-0.4, -0.2) is 163 Å². The van der Waals surface area contributed by atoms with E-state index in [4.69, 9.17) is 29.9 Å². The van der Waals surface area contributed by atoms with Gasteiger partial charge in [0.2, 0.25) is 29.7 Å². The van der Waals surface area contributed by atoms with Crippen LogP contribution in [0.15, 0.2) is 0 Å². The number of hydrogen-bond acceptors (Lipinski definition) is 16. The molecule has 2 aromatic rings. The normalized spacial score (nSPS) is 21.6. The van der Waals surface area contributed by atoms with Gasteiger partial charge in [-0.1, -0.05) is 80.1 Å². The third-order valence-corrected chi connectivity index (χ3v) is 18.5. The van der Waals surface area contributed by atoms with Gasteiger partial charge in [-0.25, -0.2) is 0 Å². The van der Waals surface area contributed by atoms with Crippen molar-refractivity contribution in [2.75, 3.05) is 83.9 Å². The molecule has 496 valence electrons. The van der Waals surface area contributed by atoms with Gasteiger partial charge < -0.3 is 50.7 Å². The standard InChI is InChI=1S/C40H79N9.C30H57N7/c1-14-18-22-46(13)26-27-47(23-19-15-2)34-41-35(48(24-20-16-3)32-28-37(5,6)44-38(7,8)29-32)43-36(42-34)49(25-21-17-4)33-30-39(9,10)45-40(11,12)31-33;1-12-14-16-36(23-18-27(4,5)34-28(6,7)19-23)25-31-22(3)32-26(33-25)37(17-15-13-2)24-20-29(8,9)35-30(10,11)21-24/h32-33,44-45H,14-31H2,1-13H3;23-24,34-35H,12-21H2,1-11H3. The molecule has 0 amide bonds. The number of aromatic nitrogens is 6. The van der Waals surface area contributed by atoms with Gasteiger partial charge >= 0.3 is 0 Å². The maximum absolute atomic E-state index is 5.53. The van der Waals surface area contributed by atoms with Crippen molar-refractivity contribution >= 4 is 29.7 Å². The Bertz CT molecular complexity index is 2130. The molecule has 6 heterocycles. The highest BCUT2D eigenvalue weighted by Gasteiger charge is 2.45. The number of hydrogen-bond donors (Lipinski definition) is 4. The maximum atomic E-state index is 5.53. The second-order valence-electron chi connectivity index (χ2n) is 32.7. The summed E-state index contributed by atoms with van der Waals surface area (Å²) in [6, 6.07) is 1.50. The van der Waals surface area contributed by atoms with Crippen molar-refractivity contribution in [3.8, 4) is 0 Å². The van der Waals surface area contributed by atoms with E-state index >= 15 is 0 Å². The lowest BCUT2D eigenvalue weighted by atomic mass is 9.79. The lowest BCUT2D eigenvalue weighted by molar-refractivity contribution is 0.156. The molecular formula is C70H136N16. The summed E-state index contributed by atoms with van der Waals surface area (Å²) in [4.78, 5) is 46.8. The number of nitrogens with one attached hydrogen (secondary N) is 4. The van der Waals surface area contributed by atoms with E-state index in [0.717, 1.165) is 203 Å². The number of likely N-dealkylation sites (N-methyl/N-ethyl adjacent to an activating group) is 1. The summed E-state index contributed by atoms with van der Waals surface area (Å²) >= 11 is 0. The number of nitrogens with zero attached hydrogens (tertiary/aromatic N) is 12. The number of anilines is 5. The molecule has 0 atom stereocenters. The average molecular weight is 1200 g/mol. The first-order valence-corrected chi connectivity index (χ1v) is 35.1. The molecule has 0 spiro atoms. The highest BCUT2D eigenvalue weighted by molar-refractivity contribution is 5.49. The Morgan fingerprint density at radius 1 is 0.302 bits per heavy atom. The maximum Gasteiger partial charge on any atom is 0.232 e. The van der Waals surface area contributed by atoms with Gasteiger partial charge in [-0.05, 0) is 221 Å². The molecule has 4 fully saturated rings. The first-order valence-electron chi connectivity index (χ1n) is 35.1. The van der Waals surface area contributed by atoms with E-state index in [-0.39, 0.29) is 44.3 Å². The summed E-state index contributed by atoms with van der Waals surface area (Å²) in [6.45, 7) is 61.2. The van der Waals surface area contributed by atoms with Gasteiger partial charge in [0.05, 0.1) is 0 Å². The predicted octanol–water partition coefficient (Wildman–Crippen LogP) is 14.1. The summed E-state index contributed by atoms with van der Waals surface area (Å²) in [5.74, 6) is 5.17. The van der Waals surface area contributed by atoms with Gasteiger partial charge in [-0.15, -0.1) is 0 Å². The molecule has 16 heteroatoms.